The molecular formula is C9H6Cl4N2O2. The van der Waals surface area contributed by atoms with Gasteiger partial charge in [-0.25, -0.2) is 4.79 Å². The third kappa shape index (κ3) is 3.92. The van der Waals surface area contributed by atoms with Gasteiger partial charge >= 0.3 is 5.97 Å². The maximum absolute atomic E-state index is 10.9. The van der Waals surface area contributed by atoms with Crippen molar-refractivity contribution < 1.29 is 9.63 Å². The summed E-state index contributed by atoms with van der Waals surface area (Å²) >= 11 is 22.2. The van der Waals surface area contributed by atoms with E-state index in [1.54, 1.807) is 18.2 Å². The topological polar surface area (TPSA) is 64.7 Å². The van der Waals surface area contributed by atoms with E-state index in [1.165, 1.54) is 0 Å². The number of amidine groups is 1. The number of nitrogens with zero attached hydrogens (tertiary/aromatic N) is 1. The molecule has 17 heavy (non-hydrogen) atoms. The number of carbonyl (C=O) groups excluding carboxylic acids is 1. The minimum Gasteiger partial charge on any atom is -0.380 e. The van der Waals surface area contributed by atoms with Gasteiger partial charge in [-0.05, 0) is 12.1 Å². The Labute approximate surface area is 117 Å². The fraction of sp³-hybridized carbons (Fsp3) is 0.111. The molecule has 1 rings (SSSR count). The highest BCUT2D eigenvalue weighted by atomic mass is 35.5. The molecule has 0 aliphatic carbocycles. The largest absolute Gasteiger partial charge is 0.380 e. The number of rotatable bonds is 3. The number of halogens is 4. The van der Waals surface area contributed by atoms with Crippen LogP contribution in [0.15, 0.2) is 23.4 Å². The minimum atomic E-state index is -1.33. The van der Waals surface area contributed by atoms with Gasteiger partial charge in [0.25, 0.3) is 0 Å². The van der Waals surface area contributed by atoms with Crippen LogP contribution in [0.4, 0.5) is 0 Å². The first kappa shape index (κ1) is 14.4. The number of hydrogen-bond acceptors (Lipinski definition) is 3. The second-order valence-corrected chi connectivity index (χ2v) is 4.67. The molecule has 1 aromatic rings. The molecule has 2 N–H and O–H groups in total. The first-order valence-corrected chi connectivity index (χ1v) is 5.83. The molecule has 4 nitrogen and oxygen atoms in total. The van der Waals surface area contributed by atoms with Gasteiger partial charge in [0.05, 0.1) is 10.0 Å². The predicted molar refractivity (Wildman–Crippen MR) is 68.8 cm³/mol. The van der Waals surface area contributed by atoms with Gasteiger partial charge in [0, 0.05) is 5.56 Å². The van der Waals surface area contributed by atoms with Crippen molar-refractivity contribution >= 4 is 58.2 Å². The van der Waals surface area contributed by atoms with E-state index in [-0.39, 0.29) is 10.9 Å². The Balaban J connectivity index is 2.89. The van der Waals surface area contributed by atoms with E-state index >= 15 is 0 Å². The average molecular weight is 316 g/mol. The molecular weight excluding hydrogens is 310 g/mol. The van der Waals surface area contributed by atoms with Gasteiger partial charge in [0.1, 0.15) is 0 Å². The first-order chi connectivity index (χ1) is 7.93. The summed E-state index contributed by atoms with van der Waals surface area (Å²) in [6, 6.07) is 4.78. The van der Waals surface area contributed by atoms with Crippen molar-refractivity contribution in [3.8, 4) is 0 Å². The third-order valence-corrected chi connectivity index (χ3v) is 2.81. The van der Waals surface area contributed by atoms with Crippen LogP contribution < -0.4 is 5.73 Å². The van der Waals surface area contributed by atoms with Crippen molar-refractivity contribution in [1.82, 2.24) is 0 Å². The van der Waals surface area contributed by atoms with E-state index < -0.39 is 10.8 Å². The van der Waals surface area contributed by atoms with Gasteiger partial charge < -0.3 is 10.6 Å². The summed E-state index contributed by atoms with van der Waals surface area (Å²) in [7, 11) is 0. The second-order valence-electron chi connectivity index (χ2n) is 2.79. The van der Waals surface area contributed by atoms with Crippen LogP contribution in [0.3, 0.4) is 0 Å². The van der Waals surface area contributed by atoms with Crippen molar-refractivity contribution in [3.63, 3.8) is 0 Å². The van der Waals surface area contributed by atoms with Gasteiger partial charge in [-0.3, -0.25) is 0 Å². The highest BCUT2D eigenvalue weighted by molar-refractivity contribution is 6.52. The molecule has 0 aliphatic rings. The molecule has 0 fully saturated rings. The zero-order chi connectivity index (χ0) is 13.0. The van der Waals surface area contributed by atoms with Gasteiger partial charge in [-0.1, -0.05) is 57.6 Å². The number of alkyl halides is 2. The highest BCUT2D eigenvalue weighted by Gasteiger charge is 2.14. The summed E-state index contributed by atoms with van der Waals surface area (Å²) < 4.78 is 0. The van der Waals surface area contributed by atoms with Crippen LogP contribution in [0, 0.1) is 0 Å². The monoisotopic (exact) mass is 314 g/mol. The molecule has 8 heteroatoms. The van der Waals surface area contributed by atoms with Crippen molar-refractivity contribution in [2.75, 3.05) is 0 Å². The molecule has 0 aromatic heterocycles. The lowest BCUT2D eigenvalue weighted by Crippen LogP contribution is -2.17. The molecule has 0 radical (unpaired) electrons. The lowest BCUT2D eigenvalue weighted by molar-refractivity contribution is -0.141. The Morgan fingerprint density at radius 1 is 1.35 bits per heavy atom. The predicted octanol–water partition coefficient (Wildman–Crippen LogP) is 2.96. The van der Waals surface area contributed by atoms with Crippen molar-refractivity contribution in [3.05, 3.63) is 33.8 Å². The van der Waals surface area contributed by atoms with Gasteiger partial charge in [0.2, 0.25) is 4.84 Å². The zero-order valence-electron chi connectivity index (χ0n) is 8.16. The van der Waals surface area contributed by atoms with E-state index in [1.807, 2.05) is 0 Å². The summed E-state index contributed by atoms with van der Waals surface area (Å²) in [4.78, 5) is 14.0. The van der Waals surface area contributed by atoms with Crippen LogP contribution in [0.2, 0.25) is 10.0 Å². The maximum Gasteiger partial charge on any atom is 0.367 e. The standard InChI is InChI=1S/C9H6Cl4N2O2/c10-5-3-1-2-4(6(5)11)8(14)15-17-9(16)7(12)13/h1-3,7H,(H2,14,15). The lowest BCUT2D eigenvalue weighted by atomic mass is 10.2. The van der Waals surface area contributed by atoms with E-state index in [0.29, 0.717) is 10.6 Å². The molecule has 92 valence electrons. The Morgan fingerprint density at radius 2 is 2.00 bits per heavy atom. The first-order valence-electron chi connectivity index (χ1n) is 4.20. The van der Waals surface area contributed by atoms with Crippen LogP contribution in [-0.2, 0) is 9.63 Å². The quantitative estimate of drug-likeness (QED) is 0.306. The van der Waals surface area contributed by atoms with Crippen LogP contribution >= 0.6 is 46.4 Å². The Kier molecular flexibility index (Phi) is 5.33. The molecule has 1 aromatic carbocycles. The lowest BCUT2D eigenvalue weighted by Gasteiger charge is -2.04. The van der Waals surface area contributed by atoms with Crippen molar-refractivity contribution in [1.29, 1.82) is 0 Å². The van der Waals surface area contributed by atoms with Gasteiger partial charge in [0.15, 0.2) is 5.84 Å². The van der Waals surface area contributed by atoms with Crippen LogP contribution in [0.25, 0.3) is 0 Å². The second kappa shape index (κ2) is 6.31. The molecule has 0 saturated heterocycles. The van der Waals surface area contributed by atoms with Crippen LogP contribution in [0.5, 0.6) is 0 Å². The van der Waals surface area contributed by atoms with E-state index in [0.717, 1.165) is 0 Å². The molecule has 0 bridgehead atoms. The van der Waals surface area contributed by atoms with Gasteiger partial charge in [-0.15, -0.1) is 0 Å². The zero-order valence-corrected chi connectivity index (χ0v) is 11.2. The van der Waals surface area contributed by atoms with Gasteiger partial charge in [-0.2, -0.15) is 0 Å². The maximum atomic E-state index is 10.9. The Bertz CT molecular complexity index is 462. The average Bonchev–Trinajstić information content (AvgIpc) is 2.29. The number of oxime groups is 1. The van der Waals surface area contributed by atoms with E-state index in [9.17, 15) is 4.79 Å². The molecule has 0 aliphatic heterocycles. The Morgan fingerprint density at radius 3 is 2.59 bits per heavy atom. The molecule has 0 spiro atoms. The number of nitrogens with two attached hydrogens (primary N) is 1. The SMILES string of the molecule is N/C(=N/OC(=O)C(Cl)Cl)c1cccc(Cl)c1Cl. The molecule has 0 saturated carbocycles. The Hall–Kier alpha value is -0.680. The smallest absolute Gasteiger partial charge is 0.367 e. The van der Waals surface area contributed by atoms with E-state index in [4.69, 9.17) is 52.1 Å². The molecule has 0 heterocycles. The fourth-order valence-corrected chi connectivity index (χ4v) is 1.36. The molecule has 0 unspecified atom stereocenters. The normalized spacial score (nSPS) is 11.7. The summed E-state index contributed by atoms with van der Waals surface area (Å²) in [6.07, 6.45) is 0. The van der Waals surface area contributed by atoms with E-state index in [2.05, 4.69) is 9.99 Å². The number of benzene rings is 1. The van der Waals surface area contributed by atoms with Crippen LogP contribution in [-0.4, -0.2) is 16.6 Å². The summed E-state index contributed by atoms with van der Waals surface area (Å²) in [5.41, 5.74) is 5.90. The molecule has 0 atom stereocenters. The summed E-state index contributed by atoms with van der Waals surface area (Å²) in [5, 5.41) is 3.87. The van der Waals surface area contributed by atoms with Crippen molar-refractivity contribution in [2.45, 2.75) is 4.84 Å². The highest BCUT2D eigenvalue weighted by Crippen LogP contribution is 2.25. The third-order valence-electron chi connectivity index (χ3n) is 1.64. The number of hydrogen-bond donors (Lipinski definition) is 1. The van der Waals surface area contributed by atoms with Crippen LogP contribution in [0.1, 0.15) is 5.56 Å². The minimum absolute atomic E-state index is 0.111. The molecule has 0 amide bonds. The number of carbonyl (C=O) groups is 1. The summed E-state index contributed by atoms with van der Waals surface area (Å²) in [5.74, 6) is -1.05. The fourth-order valence-electron chi connectivity index (χ4n) is 0.885. The summed E-state index contributed by atoms with van der Waals surface area (Å²) in [6.45, 7) is 0. The van der Waals surface area contributed by atoms with Crippen molar-refractivity contribution in [2.24, 2.45) is 10.9 Å².